The lowest BCUT2D eigenvalue weighted by atomic mass is 9.96. The maximum atomic E-state index is 6.43. The molecular weight excluding hydrogens is 428 g/mol. The van der Waals surface area contributed by atoms with Gasteiger partial charge in [0, 0.05) is 27.5 Å². The largest absolute Gasteiger partial charge is 0.494 e. The van der Waals surface area contributed by atoms with Crippen molar-refractivity contribution in [2.24, 2.45) is 5.10 Å². The molecule has 31 heavy (non-hydrogen) atoms. The first kappa shape index (κ1) is 20.3. The van der Waals surface area contributed by atoms with E-state index in [0.717, 1.165) is 40.3 Å². The molecule has 2 heterocycles. The number of ether oxygens (including phenoxy) is 2. The second-order valence-corrected chi connectivity index (χ2v) is 8.85. The van der Waals surface area contributed by atoms with Crippen LogP contribution < -0.4 is 9.47 Å². The summed E-state index contributed by atoms with van der Waals surface area (Å²) >= 11 is 8.06. The third-order valence-corrected chi connectivity index (χ3v) is 6.63. The number of rotatable bonds is 5. The molecule has 0 aromatic heterocycles. The molecule has 0 radical (unpaired) electrons. The number of hydrogen-bond acceptors (Lipinski definition) is 5. The number of fused-ring (bicyclic) bond motifs is 3. The van der Waals surface area contributed by atoms with Gasteiger partial charge in [-0.15, -0.1) is 11.8 Å². The first-order chi connectivity index (χ1) is 15.2. The molecule has 5 rings (SSSR count). The Morgan fingerprint density at radius 2 is 1.87 bits per heavy atom. The molecule has 0 spiro atoms. The quantitative estimate of drug-likeness (QED) is 0.405. The summed E-state index contributed by atoms with van der Waals surface area (Å²) in [5.74, 6) is 1.74. The van der Waals surface area contributed by atoms with Crippen molar-refractivity contribution in [3.63, 3.8) is 0 Å². The summed E-state index contributed by atoms with van der Waals surface area (Å²) < 4.78 is 12.0. The average molecular weight is 451 g/mol. The Bertz CT molecular complexity index is 1120. The highest BCUT2D eigenvalue weighted by atomic mass is 35.5. The molecule has 3 aromatic rings. The molecule has 2 aliphatic heterocycles. The molecule has 158 valence electrons. The number of hydrogen-bond donors (Lipinski definition) is 0. The molecule has 0 saturated carbocycles. The van der Waals surface area contributed by atoms with Crippen LogP contribution in [0.25, 0.3) is 0 Å². The van der Waals surface area contributed by atoms with Crippen LogP contribution >= 0.6 is 23.4 Å². The van der Waals surface area contributed by atoms with E-state index in [2.05, 4.69) is 47.7 Å². The molecule has 3 aromatic carbocycles. The summed E-state index contributed by atoms with van der Waals surface area (Å²) in [6, 6.07) is 22.6. The third-order valence-electron chi connectivity index (χ3n) is 5.65. The van der Waals surface area contributed by atoms with Crippen molar-refractivity contribution in [3.8, 4) is 11.5 Å². The summed E-state index contributed by atoms with van der Waals surface area (Å²) in [4.78, 5) is 1.23. The molecule has 0 aliphatic carbocycles. The smallest absolute Gasteiger partial charge is 0.213 e. The number of thioether (sulfide) groups is 1. The molecular formula is C25H23ClN2O2S. The zero-order valence-corrected chi connectivity index (χ0v) is 19.0. The zero-order chi connectivity index (χ0) is 21.4. The fraction of sp³-hybridized carbons (Fsp3) is 0.240. The van der Waals surface area contributed by atoms with Crippen molar-refractivity contribution in [1.82, 2.24) is 5.01 Å². The van der Waals surface area contributed by atoms with Crippen LogP contribution in [-0.2, 0) is 0 Å². The Hall–Kier alpha value is -2.63. The van der Waals surface area contributed by atoms with Crippen molar-refractivity contribution in [2.75, 3.05) is 12.9 Å². The first-order valence-corrected chi connectivity index (χ1v) is 12.0. The number of halogens is 1. The summed E-state index contributed by atoms with van der Waals surface area (Å²) in [6.07, 6.45) is 2.59. The zero-order valence-electron chi connectivity index (χ0n) is 17.4. The van der Waals surface area contributed by atoms with Gasteiger partial charge in [-0.3, -0.25) is 0 Å². The fourth-order valence-corrected chi connectivity index (χ4v) is 4.72. The second kappa shape index (κ2) is 8.48. The lowest BCUT2D eigenvalue weighted by Crippen LogP contribution is -2.33. The van der Waals surface area contributed by atoms with Crippen LogP contribution in [0.5, 0.6) is 11.5 Å². The predicted molar refractivity (Wildman–Crippen MR) is 126 cm³/mol. The van der Waals surface area contributed by atoms with Crippen LogP contribution in [0.3, 0.4) is 0 Å². The van der Waals surface area contributed by atoms with Crippen LogP contribution in [0.2, 0.25) is 5.02 Å². The lowest BCUT2D eigenvalue weighted by Gasteiger charge is -2.38. The van der Waals surface area contributed by atoms with E-state index >= 15 is 0 Å². The van der Waals surface area contributed by atoms with Crippen LogP contribution in [0.15, 0.2) is 76.7 Å². The number of hydrazone groups is 1. The number of nitrogens with zero attached hydrogens (tertiary/aromatic N) is 2. The Labute approximate surface area is 191 Å². The molecule has 2 aliphatic rings. The van der Waals surface area contributed by atoms with Gasteiger partial charge >= 0.3 is 0 Å². The van der Waals surface area contributed by atoms with Gasteiger partial charge in [-0.25, -0.2) is 5.01 Å². The standard InChI is InChI=1S/C25H23ClN2O2S/c1-3-29-19-9-4-16(5-10-19)22-15-23-21-14-18(26)8-13-24(21)30-25(28(23)27-22)17-6-11-20(31-2)12-7-17/h4-14,23,25H,3,15H2,1-2H3/t23-,25+/m0/s1. The topological polar surface area (TPSA) is 34.1 Å². The minimum atomic E-state index is -0.283. The van der Waals surface area contributed by atoms with Gasteiger partial charge in [0.2, 0.25) is 6.23 Å². The third kappa shape index (κ3) is 3.88. The van der Waals surface area contributed by atoms with Gasteiger partial charge in [0.15, 0.2) is 0 Å². The minimum absolute atomic E-state index is 0.0780. The highest BCUT2D eigenvalue weighted by Gasteiger charge is 2.41. The van der Waals surface area contributed by atoms with Gasteiger partial charge in [-0.1, -0.05) is 23.7 Å². The van der Waals surface area contributed by atoms with Crippen LogP contribution in [0.1, 0.15) is 42.3 Å². The van der Waals surface area contributed by atoms with Crippen LogP contribution in [0.4, 0.5) is 0 Å². The molecule has 6 heteroatoms. The van der Waals surface area contributed by atoms with Crippen molar-refractivity contribution in [1.29, 1.82) is 0 Å². The maximum absolute atomic E-state index is 6.43. The Balaban J connectivity index is 1.53. The van der Waals surface area contributed by atoms with Crippen LogP contribution in [-0.4, -0.2) is 23.6 Å². The van der Waals surface area contributed by atoms with E-state index in [0.29, 0.717) is 11.6 Å². The van der Waals surface area contributed by atoms with Crippen molar-refractivity contribution < 1.29 is 9.47 Å². The minimum Gasteiger partial charge on any atom is -0.494 e. The van der Waals surface area contributed by atoms with E-state index < -0.39 is 0 Å². The Kier molecular flexibility index (Phi) is 5.55. The van der Waals surface area contributed by atoms with Gasteiger partial charge in [-0.2, -0.15) is 5.10 Å². The molecule has 2 atom stereocenters. The Morgan fingerprint density at radius 3 is 2.58 bits per heavy atom. The Morgan fingerprint density at radius 1 is 1.10 bits per heavy atom. The van der Waals surface area contributed by atoms with Crippen molar-refractivity contribution >= 4 is 29.1 Å². The van der Waals surface area contributed by atoms with Gasteiger partial charge in [-0.05, 0) is 73.3 Å². The van der Waals surface area contributed by atoms with E-state index in [1.165, 1.54) is 4.90 Å². The highest BCUT2D eigenvalue weighted by Crippen LogP contribution is 2.48. The normalized spacial score (nSPS) is 19.3. The van der Waals surface area contributed by atoms with Gasteiger partial charge in [0.25, 0.3) is 0 Å². The monoisotopic (exact) mass is 450 g/mol. The molecule has 0 saturated heterocycles. The predicted octanol–water partition coefficient (Wildman–Crippen LogP) is 6.70. The second-order valence-electron chi connectivity index (χ2n) is 7.53. The summed E-state index contributed by atoms with van der Waals surface area (Å²) in [5.41, 5.74) is 4.29. The van der Waals surface area contributed by atoms with E-state index in [1.807, 2.05) is 37.3 Å². The summed E-state index contributed by atoms with van der Waals surface area (Å²) in [6.45, 7) is 2.64. The average Bonchev–Trinajstić information content (AvgIpc) is 3.25. The number of benzene rings is 3. The lowest BCUT2D eigenvalue weighted by molar-refractivity contribution is -0.0190. The molecule has 0 amide bonds. The maximum Gasteiger partial charge on any atom is 0.213 e. The van der Waals surface area contributed by atoms with E-state index in [1.54, 1.807) is 11.8 Å². The SMILES string of the molecule is CCOc1ccc(C2=NN3[C@@H](c4ccc(SC)cc4)Oc4ccc(Cl)cc4[C@@H]3C2)cc1. The highest BCUT2D eigenvalue weighted by molar-refractivity contribution is 7.98. The van der Waals surface area contributed by atoms with E-state index in [-0.39, 0.29) is 12.3 Å². The fourth-order valence-electron chi connectivity index (χ4n) is 4.13. The molecule has 0 N–H and O–H groups in total. The van der Waals surface area contributed by atoms with Gasteiger partial charge in [0.05, 0.1) is 18.4 Å². The molecule has 0 fully saturated rings. The van der Waals surface area contributed by atoms with E-state index in [4.69, 9.17) is 26.2 Å². The van der Waals surface area contributed by atoms with Crippen LogP contribution in [0, 0.1) is 0 Å². The van der Waals surface area contributed by atoms with Gasteiger partial charge < -0.3 is 9.47 Å². The summed E-state index contributed by atoms with van der Waals surface area (Å²) in [7, 11) is 0. The summed E-state index contributed by atoms with van der Waals surface area (Å²) in [5, 5.41) is 7.81. The van der Waals surface area contributed by atoms with Crippen molar-refractivity contribution in [3.05, 3.63) is 88.4 Å². The first-order valence-electron chi connectivity index (χ1n) is 10.4. The van der Waals surface area contributed by atoms with E-state index in [9.17, 15) is 0 Å². The molecule has 0 unspecified atom stereocenters. The molecule has 4 nitrogen and oxygen atoms in total. The van der Waals surface area contributed by atoms with Crippen molar-refractivity contribution in [2.45, 2.75) is 30.5 Å². The molecule has 0 bridgehead atoms. The van der Waals surface area contributed by atoms with Gasteiger partial charge in [0.1, 0.15) is 11.5 Å².